The Morgan fingerprint density at radius 3 is 2.60 bits per heavy atom. The van der Waals surface area contributed by atoms with Gasteiger partial charge in [0.15, 0.2) is 6.04 Å². The molecule has 1 atom stereocenters. The van der Waals surface area contributed by atoms with Gasteiger partial charge in [-0.05, 0) is 42.3 Å². The maximum atomic E-state index is 12.0. The molecule has 0 spiro atoms. The minimum Gasteiger partial charge on any atom is -0.467 e. The standard InChI is InChI=1S/C16H16ClNO2/c1-11-5-3-8-14(9-11)18-15(16(19)20-2)12-6-4-7-13(17)10-12/h3-10,15,18H,1-2H3. The molecule has 0 aliphatic carbocycles. The normalized spacial score (nSPS) is 11.8. The van der Waals surface area contributed by atoms with Crippen LogP contribution in [-0.4, -0.2) is 13.1 Å². The van der Waals surface area contributed by atoms with Crippen molar-refractivity contribution in [2.45, 2.75) is 13.0 Å². The van der Waals surface area contributed by atoms with Gasteiger partial charge in [0.1, 0.15) is 0 Å². The highest BCUT2D eigenvalue weighted by Gasteiger charge is 2.21. The SMILES string of the molecule is COC(=O)C(Nc1cccc(C)c1)c1cccc(Cl)c1. The van der Waals surface area contributed by atoms with Crippen LogP contribution in [0.25, 0.3) is 0 Å². The van der Waals surface area contributed by atoms with Crippen LogP contribution < -0.4 is 5.32 Å². The molecule has 0 heterocycles. The molecule has 1 N–H and O–H groups in total. The van der Waals surface area contributed by atoms with Crippen LogP contribution in [0.5, 0.6) is 0 Å². The van der Waals surface area contributed by atoms with E-state index in [0.29, 0.717) is 5.02 Å². The van der Waals surface area contributed by atoms with Gasteiger partial charge in [-0.2, -0.15) is 0 Å². The van der Waals surface area contributed by atoms with Gasteiger partial charge >= 0.3 is 5.97 Å². The first-order valence-corrected chi connectivity index (χ1v) is 6.64. The second-order valence-corrected chi connectivity index (χ2v) is 4.96. The quantitative estimate of drug-likeness (QED) is 0.866. The number of ether oxygens (including phenoxy) is 1. The van der Waals surface area contributed by atoms with E-state index >= 15 is 0 Å². The number of hydrogen-bond acceptors (Lipinski definition) is 3. The van der Waals surface area contributed by atoms with E-state index < -0.39 is 6.04 Å². The minimum absolute atomic E-state index is 0.353. The first kappa shape index (κ1) is 14.4. The number of anilines is 1. The van der Waals surface area contributed by atoms with Gasteiger partial charge in [0.25, 0.3) is 0 Å². The lowest BCUT2D eigenvalue weighted by molar-refractivity contribution is -0.141. The summed E-state index contributed by atoms with van der Waals surface area (Å²) in [6.45, 7) is 2.00. The average Bonchev–Trinajstić information content (AvgIpc) is 2.44. The summed E-state index contributed by atoms with van der Waals surface area (Å²) in [5.74, 6) is -0.353. The fourth-order valence-electron chi connectivity index (χ4n) is 1.98. The van der Waals surface area contributed by atoms with Crippen LogP contribution >= 0.6 is 11.6 Å². The van der Waals surface area contributed by atoms with Crippen molar-refractivity contribution < 1.29 is 9.53 Å². The molecule has 0 aromatic heterocycles. The van der Waals surface area contributed by atoms with E-state index in [1.807, 2.05) is 43.3 Å². The molecule has 0 amide bonds. The second kappa shape index (κ2) is 6.44. The summed E-state index contributed by atoms with van der Waals surface area (Å²) < 4.78 is 4.86. The monoisotopic (exact) mass is 289 g/mol. The molecule has 1 unspecified atom stereocenters. The Bertz CT molecular complexity index is 613. The van der Waals surface area contributed by atoms with Crippen molar-refractivity contribution in [3.63, 3.8) is 0 Å². The Labute approximate surface area is 123 Å². The fourth-order valence-corrected chi connectivity index (χ4v) is 2.18. The number of rotatable bonds is 4. The molecular formula is C16H16ClNO2. The second-order valence-electron chi connectivity index (χ2n) is 4.52. The Kier molecular flexibility index (Phi) is 4.64. The molecular weight excluding hydrogens is 274 g/mol. The van der Waals surface area contributed by atoms with E-state index in [2.05, 4.69) is 5.32 Å². The van der Waals surface area contributed by atoms with Crippen LogP contribution in [0.15, 0.2) is 48.5 Å². The van der Waals surface area contributed by atoms with Crippen molar-refractivity contribution in [3.8, 4) is 0 Å². The van der Waals surface area contributed by atoms with E-state index in [1.54, 1.807) is 12.1 Å². The molecule has 0 saturated carbocycles. The highest BCUT2D eigenvalue weighted by atomic mass is 35.5. The van der Waals surface area contributed by atoms with Crippen molar-refractivity contribution >= 4 is 23.3 Å². The van der Waals surface area contributed by atoms with Gasteiger partial charge in [0.2, 0.25) is 0 Å². The van der Waals surface area contributed by atoms with Gasteiger partial charge in [-0.15, -0.1) is 0 Å². The van der Waals surface area contributed by atoms with Crippen LogP contribution in [0, 0.1) is 6.92 Å². The van der Waals surface area contributed by atoms with Gasteiger partial charge in [-0.3, -0.25) is 0 Å². The highest BCUT2D eigenvalue weighted by molar-refractivity contribution is 6.30. The number of nitrogens with one attached hydrogen (secondary N) is 1. The van der Waals surface area contributed by atoms with Gasteiger partial charge in [0, 0.05) is 10.7 Å². The molecule has 0 aliphatic rings. The topological polar surface area (TPSA) is 38.3 Å². The number of carbonyl (C=O) groups is 1. The Morgan fingerprint density at radius 1 is 1.20 bits per heavy atom. The zero-order chi connectivity index (χ0) is 14.5. The van der Waals surface area contributed by atoms with E-state index in [4.69, 9.17) is 16.3 Å². The van der Waals surface area contributed by atoms with Crippen molar-refractivity contribution in [3.05, 3.63) is 64.7 Å². The van der Waals surface area contributed by atoms with Gasteiger partial charge in [-0.1, -0.05) is 35.9 Å². The summed E-state index contributed by atoms with van der Waals surface area (Å²) in [5, 5.41) is 3.77. The maximum absolute atomic E-state index is 12.0. The number of benzene rings is 2. The van der Waals surface area contributed by atoms with Crippen LogP contribution in [0.1, 0.15) is 17.2 Å². The van der Waals surface area contributed by atoms with Crippen LogP contribution in [0.4, 0.5) is 5.69 Å². The lowest BCUT2D eigenvalue weighted by Crippen LogP contribution is -2.22. The zero-order valence-electron chi connectivity index (χ0n) is 11.4. The predicted octanol–water partition coefficient (Wildman–Crippen LogP) is 3.97. The van der Waals surface area contributed by atoms with Gasteiger partial charge in [0.05, 0.1) is 7.11 Å². The van der Waals surface area contributed by atoms with E-state index in [1.165, 1.54) is 7.11 Å². The Balaban J connectivity index is 2.31. The van der Waals surface area contributed by atoms with Crippen molar-refractivity contribution in [1.29, 1.82) is 0 Å². The third-order valence-corrected chi connectivity index (χ3v) is 3.18. The van der Waals surface area contributed by atoms with Crippen molar-refractivity contribution in [2.24, 2.45) is 0 Å². The number of methoxy groups -OCH3 is 1. The molecule has 0 radical (unpaired) electrons. The molecule has 2 aromatic carbocycles. The summed E-state index contributed by atoms with van der Waals surface area (Å²) in [6, 6.07) is 14.4. The zero-order valence-corrected chi connectivity index (χ0v) is 12.1. The molecule has 3 nitrogen and oxygen atoms in total. The van der Waals surface area contributed by atoms with E-state index in [9.17, 15) is 4.79 Å². The first-order chi connectivity index (χ1) is 9.60. The molecule has 0 bridgehead atoms. The molecule has 2 rings (SSSR count). The molecule has 0 aliphatic heterocycles. The average molecular weight is 290 g/mol. The number of carbonyl (C=O) groups excluding carboxylic acids is 1. The molecule has 20 heavy (non-hydrogen) atoms. The highest BCUT2D eigenvalue weighted by Crippen LogP contribution is 2.23. The van der Waals surface area contributed by atoms with Crippen molar-refractivity contribution in [1.82, 2.24) is 0 Å². The van der Waals surface area contributed by atoms with E-state index in [0.717, 1.165) is 16.8 Å². The Morgan fingerprint density at radius 2 is 1.95 bits per heavy atom. The molecule has 0 fully saturated rings. The van der Waals surface area contributed by atoms with Crippen molar-refractivity contribution in [2.75, 3.05) is 12.4 Å². The summed E-state index contributed by atoms with van der Waals surface area (Å²) >= 11 is 5.99. The minimum atomic E-state index is -0.583. The smallest absolute Gasteiger partial charge is 0.332 e. The predicted molar refractivity (Wildman–Crippen MR) is 81.0 cm³/mol. The number of esters is 1. The number of hydrogen-bond donors (Lipinski definition) is 1. The van der Waals surface area contributed by atoms with Crippen LogP contribution in [-0.2, 0) is 9.53 Å². The number of halogens is 1. The molecule has 0 saturated heterocycles. The molecule has 4 heteroatoms. The third kappa shape index (κ3) is 3.52. The van der Waals surface area contributed by atoms with Gasteiger partial charge in [-0.25, -0.2) is 4.79 Å². The van der Waals surface area contributed by atoms with Crippen LogP contribution in [0.3, 0.4) is 0 Å². The first-order valence-electron chi connectivity index (χ1n) is 6.26. The Hall–Kier alpha value is -2.00. The lowest BCUT2D eigenvalue weighted by Gasteiger charge is -2.18. The third-order valence-electron chi connectivity index (χ3n) is 2.95. The molecule has 104 valence electrons. The summed E-state index contributed by atoms with van der Waals surface area (Å²) in [5.41, 5.74) is 2.75. The number of aryl methyl sites for hydroxylation is 1. The summed E-state index contributed by atoms with van der Waals surface area (Å²) in [4.78, 5) is 12.0. The maximum Gasteiger partial charge on any atom is 0.332 e. The van der Waals surface area contributed by atoms with E-state index in [-0.39, 0.29) is 5.97 Å². The largest absolute Gasteiger partial charge is 0.467 e. The van der Waals surface area contributed by atoms with Crippen LogP contribution in [0.2, 0.25) is 5.02 Å². The lowest BCUT2D eigenvalue weighted by atomic mass is 10.1. The summed E-state index contributed by atoms with van der Waals surface area (Å²) in [7, 11) is 1.37. The molecule has 2 aromatic rings. The summed E-state index contributed by atoms with van der Waals surface area (Å²) in [6.07, 6.45) is 0. The fraction of sp³-hybridized carbons (Fsp3) is 0.188. The van der Waals surface area contributed by atoms with Gasteiger partial charge < -0.3 is 10.1 Å².